The molecular weight excluding hydrogens is 255 g/mol. The second-order valence-corrected chi connectivity index (χ2v) is 5.09. The second kappa shape index (κ2) is 6.53. The Balaban J connectivity index is 2.10. The predicted molar refractivity (Wildman–Crippen MR) is 77.3 cm³/mol. The zero-order chi connectivity index (χ0) is 14.5. The van der Waals surface area contributed by atoms with Crippen molar-refractivity contribution in [1.29, 1.82) is 0 Å². The van der Waals surface area contributed by atoms with Gasteiger partial charge in [0, 0.05) is 6.42 Å². The molecule has 2 aromatic rings. The fourth-order valence-electron chi connectivity index (χ4n) is 2.07. The molecular formula is C17H19FO2. The average molecular weight is 274 g/mol. The van der Waals surface area contributed by atoms with E-state index >= 15 is 0 Å². The molecule has 2 aromatic carbocycles. The molecule has 0 radical (unpaired) electrons. The van der Waals surface area contributed by atoms with Crippen LogP contribution in [-0.2, 0) is 6.42 Å². The molecule has 0 aliphatic carbocycles. The van der Waals surface area contributed by atoms with Gasteiger partial charge in [-0.05, 0) is 49.2 Å². The van der Waals surface area contributed by atoms with E-state index in [1.165, 1.54) is 12.1 Å². The molecule has 0 saturated carbocycles. The minimum atomic E-state index is -0.674. The molecule has 0 aliphatic heterocycles. The van der Waals surface area contributed by atoms with Crippen LogP contribution in [0.4, 0.5) is 4.39 Å². The van der Waals surface area contributed by atoms with E-state index in [-0.39, 0.29) is 11.9 Å². The molecule has 1 N–H and O–H groups in total. The molecule has 0 spiro atoms. The quantitative estimate of drug-likeness (QED) is 0.896. The molecule has 20 heavy (non-hydrogen) atoms. The zero-order valence-corrected chi connectivity index (χ0v) is 11.7. The van der Waals surface area contributed by atoms with Crippen molar-refractivity contribution in [2.45, 2.75) is 32.5 Å². The van der Waals surface area contributed by atoms with Crippen LogP contribution in [0.1, 0.15) is 31.1 Å². The van der Waals surface area contributed by atoms with E-state index in [0.29, 0.717) is 6.42 Å². The lowest BCUT2D eigenvalue weighted by molar-refractivity contribution is 0.177. The molecule has 0 amide bonds. The van der Waals surface area contributed by atoms with Gasteiger partial charge in [-0.25, -0.2) is 4.39 Å². The standard InChI is InChI=1S/C17H19FO2/c1-12(2)20-16-8-4-6-14(11-16)17(19)10-13-5-3-7-15(18)9-13/h3-9,11-12,17,19H,10H2,1-2H3. The van der Waals surface area contributed by atoms with E-state index in [4.69, 9.17) is 4.74 Å². The lowest BCUT2D eigenvalue weighted by Gasteiger charge is -2.14. The molecule has 0 fully saturated rings. The van der Waals surface area contributed by atoms with E-state index in [1.54, 1.807) is 12.1 Å². The first-order valence-corrected chi connectivity index (χ1v) is 6.73. The van der Waals surface area contributed by atoms with Gasteiger partial charge in [0.05, 0.1) is 12.2 Å². The third kappa shape index (κ3) is 4.07. The molecule has 106 valence electrons. The SMILES string of the molecule is CC(C)Oc1cccc(C(O)Cc2cccc(F)c2)c1. The maximum atomic E-state index is 13.1. The van der Waals surface area contributed by atoms with Gasteiger partial charge in [0.15, 0.2) is 0 Å². The van der Waals surface area contributed by atoms with Crippen LogP contribution in [-0.4, -0.2) is 11.2 Å². The Morgan fingerprint density at radius 1 is 1.10 bits per heavy atom. The highest BCUT2D eigenvalue weighted by atomic mass is 19.1. The highest BCUT2D eigenvalue weighted by Crippen LogP contribution is 2.23. The minimum absolute atomic E-state index is 0.0885. The summed E-state index contributed by atoms with van der Waals surface area (Å²) >= 11 is 0. The van der Waals surface area contributed by atoms with Crippen LogP contribution in [0, 0.1) is 5.82 Å². The van der Waals surface area contributed by atoms with E-state index in [2.05, 4.69) is 0 Å². The largest absolute Gasteiger partial charge is 0.491 e. The molecule has 0 saturated heterocycles. The average Bonchev–Trinajstić information content (AvgIpc) is 2.38. The molecule has 2 rings (SSSR count). The summed E-state index contributed by atoms with van der Waals surface area (Å²) in [6, 6.07) is 13.7. The van der Waals surface area contributed by atoms with Gasteiger partial charge >= 0.3 is 0 Å². The number of rotatable bonds is 5. The van der Waals surface area contributed by atoms with Crippen molar-refractivity contribution in [3.8, 4) is 5.75 Å². The molecule has 0 aliphatic rings. The first-order chi connectivity index (χ1) is 9.54. The predicted octanol–water partition coefficient (Wildman–Crippen LogP) is 3.89. The summed E-state index contributed by atoms with van der Waals surface area (Å²) in [7, 11) is 0. The molecule has 1 atom stereocenters. The highest BCUT2D eigenvalue weighted by molar-refractivity contribution is 5.31. The van der Waals surface area contributed by atoms with Gasteiger partial charge in [0.25, 0.3) is 0 Å². The van der Waals surface area contributed by atoms with Crippen LogP contribution in [0.2, 0.25) is 0 Å². The van der Waals surface area contributed by atoms with Gasteiger partial charge in [0.1, 0.15) is 11.6 Å². The van der Waals surface area contributed by atoms with Crippen LogP contribution in [0.5, 0.6) is 5.75 Å². The summed E-state index contributed by atoms with van der Waals surface area (Å²) in [5, 5.41) is 10.2. The fourth-order valence-corrected chi connectivity index (χ4v) is 2.07. The summed E-state index contributed by atoms with van der Waals surface area (Å²) in [5.74, 6) is 0.447. The highest BCUT2D eigenvalue weighted by Gasteiger charge is 2.10. The monoisotopic (exact) mass is 274 g/mol. The smallest absolute Gasteiger partial charge is 0.123 e. The number of aliphatic hydroxyl groups is 1. The van der Waals surface area contributed by atoms with Crippen LogP contribution in [0.15, 0.2) is 48.5 Å². The van der Waals surface area contributed by atoms with Crippen molar-refractivity contribution in [2.75, 3.05) is 0 Å². The number of hydrogen-bond donors (Lipinski definition) is 1. The number of aliphatic hydroxyl groups excluding tert-OH is 1. The third-order valence-electron chi connectivity index (χ3n) is 2.93. The number of ether oxygens (including phenoxy) is 1. The molecule has 0 aromatic heterocycles. The number of benzene rings is 2. The minimum Gasteiger partial charge on any atom is -0.491 e. The summed E-state index contributed by atoms with van der Waals surface area (Å²) in [6.45, 7) is 3.91. The van der Waals surface area contributed by atoms with Crippen molar-refractivity contribution in [3.05, 3.63) is 65.5 Å². The van der Waals surface area contributed by atoms with Gasteiger partial charge in [-0.3, -0.25) is 0 Å². The molecule has 3 heteroatoms. The van der Waals surface area contributed by atoms with E-state index in [0.717, 1.165) is 16.9 Å². The maximum Gasteiger partial charge on any atom is 0.123 e. The van der Waals surface area contributed by atoms with Crippen molar-refractivity contribution in [2.24, 2.45) is 0 Å². The lowest BCUT2D eigenvalue weighted by atomic mass is 10.0. The van der Waals surface area contributed by atoms with Crippen molar-refractivity contribution < 1.29 is 14.2 Å². The topological polar surface area (TPSA) is 29.5 Å². The summed E-state index contributed by atoms with van der Waals surface area (Å²) in [4.78, 5) is 0. The Labute approximate surface area is 118 Å². The van der Waals surface area contributed by atoms with Crippen LogP contribution < -0.4 is 4.74 Å². The lowest BCUT2D eigenvalue weighted by Crippen LogP contribution is -2.07. The van der Waals surface area contributed by atoms with Crippen molar-refractivity contribution in [3.63, 3.8) is 0 Å². The fraction of sp³-hybridized carbons (Fsp3) is 0.294. The van der Waals surface area contributed by atoms with E-state index < -0.39 is 6.10 Å². The van der Waals surface area contributed by atoms with E-state index in [1.807, 2.05) is 38.1 Å². The van der Waals surface area contributed by atoms with Crippen LogP contribution >= 0.6 is 0 Å². The molecule has 0 heterocycles. The Kier molecular flexibility index (Phi) is 4.74. The molecule has 1 unspecified atom stereocenters. The molecule has 2 nitrogen and oxygen atoms in total. The first-order valence-electron chi connectivity index (χ1n) is 6.73. The zero-order valence-electron chi connectivity index (χ0n) is 11.7. The number of halogens is 1. The first kappa shape index (κ1) is 14.5. The Hall–Kier alpha value is -1.87. The summed E-state index contributed by atoms with van der Waals surface area (Å²) < 4.78 is 18.7. The van der Waals surface area contributed by atoms with Crippen molar-refractivity contribution in [1.82, 2.24) is 0 Å². The number of hydrogen-bond acceptors (Lipinski definition) is 2. The van der Waals surface area contributed by atoms with Gasteiger partial charge in [-0.1, -0.05) is 24.3 Å². The Bertz CT molecular complexity index is 566. The van der Waals surface area contributed by atoms with Gasteiger partial charge in [0.2, 0.25) is 0 Å². The van der Waals surface area contributed by atoms with Crippen molar-refractivity contribution >= 4 is 0 Å². The Morgan fingerprint density at radius 3 is 2.55 bits per heavy atom. The van der Waals surface area contributed by atoms with Crippen LogP contribution in [0.3, 0.4) is 0 Å². The maximum absolute atomic E-state index is 13.1. The third-order valence-corrected chi connectivity index (χ3v) is 2.93. The van der Waals surface area contributed by atoms with Gasteiger partial charge in [-0.2, -0.15) is 0 Å². The Morgan fingerprint density at radius 2 is 1.85 bits per heavy atom. The van der Waals surface area contributed by atoms with Crippen LogP contribution in [0.25, 0.3) is 0 Å². The van der Waals surface area contributed by atoms with E-state index in [9.17, 15) is 9.50 Å². The second-order valence-electron chi connectivity index (χ2n) is 5.09. The van der Waals surface area contributed by atoms with Gasteiger partial charge < -0.3 is 9.84 Å². The molecule has 0 bridgehead atoms. The van der Waals surface area contributed by atoms with Gasteiger partial charge in [-0.15, -0.1) is 0 Å². The summed E-state index contributed by atoms with van der Waals surface area (Å²) in [5.41, 5.74) is 1.54. The summed E-state index contributed by atoms with van der Waals surface area (Å²) in [6.07, 6.45) is -0.207. The normalized spacial score (nSPS) is 12.4.